The summed E-state index contributed by atoms with van der Waals surface area (Å²) in [5, 5.41) is 11.8. The monoisotopic (exact) mass is 385 g/mol. The van der Waals surface area contributed by atoms with E-state index in [9.17, 15) is 4.79 Å². The lowest BCUT2D eigenvalue weighted by atomic mass is 10.1. The lowest BCUT2D eigenvalue weighted by molar-refractivity contribution is -0.142. The lowest BCUT2D eigenvalue weighted by Gasteiger charge is -2.13. The number of anilines is 2. The van der Waals surface area contributed by atoms with E-state index in [0.29, 0.717) is 16.1 Å². The van der Waals surface area contributed by atoms with Gasteiger partial charge in [-0.1, -0.05) is 71.1 Å². The molecule has 0 aliphatic carbocycles. The molecular formula is C19H19N3O2S2. The first kappa shape index (κ1) is 18.4. The van der Waals surface area contributed by atoms with Crippen molar-refractivity contribution < 1.29 is 9.53 Å². The van der Waals surface area contributed by atoms with E-state index in [0.717, 1.165) is 11.3 Å². The van der Waals surface area contributed by atoms with Gasteiger partial charge in [0.1, 0.15) is 5.25 Å². The number of nitrogens with one attached hydrogen (secondary N) is 1. The Morgan fingerprint density at radius 1 is 1.15 bits per heavy atom. The first-order chi connectivity index (χ1) is 12.7. The Kier molecular flexibility index (Phi) is 6.25. The predicted molar refractivity (Wildman–Crippen MR) is 106 cm³/mol. The van der Waals surface area contributed by atoms with Gasteiger partial charge in [0, 0.05) is 5.69 Å². The molecule has 1 aromatic heterocycles. The number of carbonyl (C=O) groups excluding carboxylic acids is 1. The molecule has 1 atom stereocenters. The quantitative estimate of drug-likeness (QED) is 0.457. The second kappa shape index (κ2) is 8.82. The Hall–Kier alpha value is -2.38. The molecule has 3 aromatic rings. The molecule has 0 amide bonds. The van der Waals surface area contributed by atoms with Crippen LogP contribution in [-0.4, -0.2) is 22.8 Å². The molecule has 0 radical (unpaired) electrons. The summed E-state index contributed by atoms with van der Waals surface area (Å²) in [4.78, 5) is 12.4. The number of benzene rings is 2. The number of aryl methyl sites for hydroxylation is 1. The maximum absolute atomic E-state index is 12.4. The summed E-state index contributed by atoms with van der Waals surface area (Å²) in [5.74, 6) is -0.271. The highest BCUT2D eigenvalue weighted by molar-refractivity contribution is 8.01. The van der Waals surface area contributed by atoms with Crippen LogP contribution in [-0.2, 0) is 9.53 Å². The summed E-state index contributed by atoms with van der Waals surface area (Å²) in [6.45, 7) is 4.20. The Labute approximate surface area is 160 Å². The molecule has 0 bridgehead atoms. The zero-order valence-corrected chi connectivity index (χ0v) is 16.1. The first-order valence-electron chi connectivity index (χ1n) is 8.21. The summed E-state index contributed by atoms with van der Waals surface area (Å²) in [6.07, 6.45) is 0. The van der Waals surface area contributed by atoms with Crippen LogP contribution in [0.3, 0.4) is 0 Å². The van der Waals surface area contributed by atoms with Gasteiger partial charge in [0.25, 0.3) is 0 Å². The van der Waals surface area contributed by atoms with Crippen molar-refractivity contribution >= 4 is 39.9 Å². The molecule has 0 saturated carbocycles. The number of hydrogen-bond acceptors (Lipinski definition) is 7. The van der Waals surface area contributed by atoms with Crippen molar-refractivity contribution in [2.75, 3.05) is 11.9 Å². The summed E-state index contributed by atoms with van der Waals surface area (Å²) in [5.41, 5.74) is 3.04. The first-order valence-corrected chi connectivity index (χ1v) is 9.90. The fourth-order valence-electron chi connectivity index (χ4n) is 2.27. The summed E-state index contributed by atoms with van der Waals surface area (Å²) < 4.78 is 5.94. The average molecular weight is 386 g/mol. The molecule has 0 fully saturated rings. The van der Waals surface area contributed by atoms with Crippen LogP contribution in [0.25, 0.3) is 0 Å². The molecule has 1 N–H and O–H groups in total. The van der Waals surface area contributed by atoms with E-state index in [1.54, 1.807) is 6.92 Å². The van der Waals surface area contributed by atoms with E-state index < -0.39 is 5.25 Å². The molecule has 0 spiro atoms. The van der Waals surface area contributed by atoms with Gasteiger partial charge >= 0.3 is 5.97 Å². The number of carbonyl (C=O) groups is 1. The topological polar surface area (TPSA) is 64.1 Å². The van der Waals surface area contributed by atoms with Gasteiger partial charge in [0.15, 0.2) is 4.34 Å². The van der Waals surface area contributed by atoms with Crippen molar-refractivity contribution in [1.82, 2.24) is 10.2 Å². The van der Waals surface area contributed by atoms with Crippen molar-refractivity contribution in [3.8, 4) is 0 Å². The minimum Gasteiger partial charge on any atom is -0.465 e. The SMILES string of the molecule is CCOC(=O)[C@H](Sc1nnc(Nc2ccc(C)cc2)s1)c1ccccc1. The number of esters is 1. The van der Waals surface area contributed by atoms with Gasteiger partial charge in [0.2, 0.25) is 5.13 Å². The van der Waals surface area contributed by atoms with E-state index in [-0.39, 0.29) is 5.97 Å². The molecule has 26 heavy (non-hydrogen) atoms. The van der Waals surface area contributed by atoms with Gasteiger partial charge in [-0.05, 0) is 31.5 Å². The third-order valence-electron chi connectivity index (χ3n) is 3.53. The van der Waals surface area contributed by atoms with Crippen LogP contribution in [0.15, 0.2) is 58.9 Å². The highest BCUT2D eigenvalue weighted by Crippen LogP contribution is 2.39. The molecule has 1 heterocycles. The fraction of sp³-hybridized carbons (Fsp3) is 0.211. The number of nitrogens with zero attached hydrogens (tertiary/aromatic N) is 2. The Morgan fingerprint density at radius 2 is 1.88 bits per heavy atom. The minimum absolute atomic E-state index is 0.271. The second-order valence-electron chi connectivity index (χ2n) is 5.52. The molecule has 0 unspecified atom stereocenters. The van der Waals surface area contributed by atoms with Crippen LogP contribution in [0, 0.1) is 6.92 Å². The van der Waals surface area contributed by atoms with Gasteiger partial charge in [-0.2, -0.15) is 0 Å². The van der Waals surface area contributed by atoms with Gasteiger partial charge in [0.05, 0.1) is 6.61 Å². The van der Waals surface area contributed by atoms with Crippen LogP contribution < -0.4 is 5.32 Å². The van der Waals surface area contributed by atoms with Gasteiger partial charge in [-0.25, -0.2) is 0 Å². The number of hydrogen-bond donors (Lipinski definition) is 1. The maximum atomic E-state index is 12.4. The van der Waals surface area contributed by atoms with E-state index in [2.05, 4.69) is 15.5 Å². The van der Waals surface area contributed by atoms with E-state index in [4.69, 9.17) is 4.74 Å². The second-order valence-corrected chi connectivity index (χ2v) is 7.85. The van der Waals surface area contributed by atoms with Crippen LogP contribution >= 0.6 is 23.1 Å². The normalized spacial score (nSPS) is 11.8. The number of ether oxygens (including phenoxy) is 1. The average Bonchev–Trinajstić information content (AvgIpc) is 3.09. The Morgan fingerprint density at radius 3 is 2.58 bits per heavy atom. The van der Waals surface area contributed by atoms with Crippen molar-refractivity contribution in [1.29, 1.82) is 0 Å². The third-order valence-corrected chi connectivity index (χ3v) is 5.69. The minimum atomic E-state index is -0.462. The fourth-order valence-corrected chi connectivity index (χ4v) is 4.23. The highest BCUT2D eigenvalue weighted by atomic mass is 32.2. The van der Waals surface area contributed by atoms with E-state index >= 15 is 0 Å². The van der Waals surface area contributed by atoms with Gasteiger partial charge < -0.3 is 10.1 Å². The molecule has 0 saturated heterocycles. The van der Waals surface area contributed by atoms with Gasteiger partial charge in [-0.15, -0.1) is 10.2 Å². The smallest absolute Gasteiger partial charge is 0.324 e. The Balaban J connectivity index is 1.74. The van der Waals surface area contributed by atoms with E-state index in [1.165, 1.54) is 28.7 Å². The Bertz CT molecular complexity index is 851. The molecule has 3 rings (SSSR count). The number of rotatable bonds is 7. The van der Waals surface area contributed by atoms with Crippen molar-refractivity contribution in [3.05, 3.63) is 65.7 Å². The van der Waals surface area contributed by atoms with Crippen LogP contribution in [0.4, 0.5) is 10.8 Å². The standard InChI is InChI=1S/C19H19N3O2S2/c1-3-24-17(23)16(14-7-5-4-6-8-14)25-19-22-21-18(26-19)20-15-11-9-13(2)10-12-15/h4-12,16H,3H2,1-2H3,(H,20,21)/t16-/m1/s1. The van der Waals surface area contributed by atoms with Gasteiger partial charge in [-0.3, -0.25) is 4.79 Å². The number of aromatic nitrogens is 2. The van der Waals surface area contributed by atoms with Crippen LogP contribution in [0.1, 0.15) is 23.3 Å². The number of thioether (sulfide) groups is 1. The molecule has 7 heteroatoms. The zero-order valence-electron chi connectivity index (χ0n) is 14.5. The highest BCUT2D eigenvalue weighted by Gasteiger charge is 2.25. The van der Waals surface area contributed by atoms with Crippen molar-refractivity contribution in [3.63, 3.8) is 0 Å². The van der Waals surface area contributed by atoms with Crippen LogP contribution in [0.2, 0.25) is 0 Å². The lowest BCUT2D eigenvalue weighted by Crippen LogP contribution is -2.13. The van der Waals surface area contributed by atoms with Crippen molar-refractivity contribution in [2.45, 2.75) is 23.4 Å². The molecule has 5 nitrogen and oxygen atoms in total. The largest absolute Gasteiger partial charge is 0.465 e. The van der Waals surface area contributed by atoms with E-state index in [1.807, 2.05) is 61.5 Å². The summed E-state index contributed by atoms with van der Waals surface area (Å²) in [7, 11) is 0. The molecular weight excluding hydrogens is 366 g/mol. The molecule has 0 aliphatic rings. The molecule has 0 aliphatic heterocycles. The zero-order chi connectivity index (χ0) is 18.4. The van der Waals surface area contributed by atoms with Crippen LogP contribution in [0.5, 0.6) is 0 Å². The molecule has 2 aromatic carbocycles. The summed E-state index contributed by atoms with van der Waals surface area (Å²) in [6, 6.07) is 17.6. The predicted octanol–water partition coefficient (Wildman–Crippen LogP) is 4.99. The van der Waals surface area contributed by atoms with Crippen molar-refractivity contribution in [2.24, 2.45) is 0 Å². The third kappa shape index (κ3) is 4.83. The summed E-state index contributed by atoms with van der Waals surface area (Å²) >= 11 is 2.77. The maximum Gasteiger partial charge on any atom is 0.324 e. The molecule has 134 valence electrons.